The summed E-state index contributed by atoms with van der Waals surface area (Å²) in [4.78, 5) is 22.7. The van der Waals surface area contributed by atoms with Gasteiger partial charge in [0, 0.05) is 42.4 Å². The first kappa shape index (κ1) is 22.7. The number of hydrogen-bond donors (Lipinski definition) is 3. The van der Waals surface area contributed by atoms with Crippen LogP contribution in [0.4, 0.5) is 43.3 Å². The molecule has 7 nitrogen and oxygen atoms in total. The second kappa shape index (κ2) is 9.95. The highest BCUT2D eigenvalue weighted by Gasteiger charge is 2.10. The average Bonchev–Trinajstić information content (AvgIpc) is 2.83. The highest BCUT2D eigenvalue weighted by atomic mass is 19.1. The normalized spacial score (nSPS) is 10.5. The van der Waals surface area contributed by atoms with Gasteiger partial charge >= 0.3 is 0 Å². The van der Waals surface area contributed by atoms with E-state index in [4.69, 9.17) is 0 Å². The molecule has 1 heterocycles. The maximum absolute atomic E-state index is 14.2. The Hall–Kier alpha value is -4.53. The molecule has 0 bridgehead atoms. The Balaban J connectivity index is 1.45. The number of benzene rings is 3. The fraction of sp³-hybridized carbons (Fsp3) is 0.0800. The third kappa shape index (κ3) is 5.63. The lowest BCUT2D eigenvalue weighted by Crippen LogP contribution is -2.13. The van der Waals surface area contributed by atoms with Gasteiger partial charge < -0.3 is 20.9 Å². The first-order valence-electron chi connectivity index (χ1n) is 10.4. The lowest BCUT2D eigenvalue weighted by molar-refractivity contribution is 0.102. The number of aromatic nitrogens is 2. The third-order valence-corrected chi connectivity index (χ3v) is 4.87. The van der Waals surface area contributed by atoms with Crippen molar-refractivity contribution in [3.63, 3.8) is 0 Å². The summed E-state index contributed by atoms with van der Waals surface area (Å²) >= 11 is 0. The zero-order chi connectivity index (χ0) is 24.1. The highest BCUT2D eigenvalue weighted by Crippen LogP contribution is 2.23. The van der Waals surface area contributed by atoms with Crippen molar-refractivity contribution >= 4 is 40.4 Å². The number of halogens is 2. The third-order valence-electron chi connectivity index (χ3n) is 4.87. The molecule has 0 spiro atoms. The Labute approximate surface area is 195 Å². The molecule has 0 radical (unpaired) electrons. The van der Waals surface area contributed by atoms with Crippen LogP contribution in [0.2, 0.25) is 0 Å². The average molecular weight is 460 g/mol. The summed E-state index contributed by atoms with van der Waals surface area (Å²) in [6.45, 7) is 0. The van der Waals surface area contributed by atoms with Crippen LogP contribution in [0.1, 0.15) is 10.4 Å². The molecule has 4 aromatic rings. The van der Waals surface area contributed by atoms with Gasteiger partial charge in [0.25, 0.3) is 5.91 Å². The Morgan fingerprint density at radius 2 is 1.56 bits per heavy atom. The number of carbonyl (C=O) groups excluding carboxylic acids is 1. The smallest absolute Gasteiger partial charge is 0.255 e. The van der Waals surface area contributed by atoms with E-state index in [1.807, 2.05) is 31.1 Å². The van der Waals surface area contributed by atoms with Crippen molar-refractivity contribution in [1.29, 1.82) is 0 Å². The van der Waals surface area contributed by atoms with E-state index in [1.165, 1.54) is 24.3 Å². The molecule has 9 heteroatoms. The maximum atomic E-state index is 14.2. The molecule has 0 aliphatic heterocycles. The molecule has 0 saturated carbocycles. The summed E-state index contributed by atoms with van der Waals surface area (Å²) in [5.74, 6) is -1.21. The van der Waals surface area contributed by atoms with Gasteiger partial charge in [-0.3, -0.25) is 4.79 Å². The minimum Gasteiger partial charge on any atom is -0.378 e. The lowest BCUT2D eigenvalue weighted by Gasteiger charge is -2.13. The Bertz CT molecular complexity index is 1290. The van der Waals surface area contributed by atoms with E-state index in [-0.39, 0.29) is 17.7 Å². The van der Waals surface area contributed by atoms with Crippen molar-refractivity contribution in [3.8, 4) is 0 Å². The largest absolute Gasteiger partial charge is 0.378 e. The summed E-state index contributed by atoms with van der Waals surface area (Å²) in [7, 11) is 3.86. The molecule has 0 aliphatic carbocycles. The number of nitrogens with one attached hydrogen (secondary N) is 3. The summed E-state index contributed by atoms with van der Waals surface area (Å²) in [5, 5.41) is 8.65. The van der Waals surface area contributed by atoms with Gasteiger partial charge in [-0.05, 0) is 66.7 Å². The van der Waals surface area contributed by atoms with Crippen LogP contribution < -0.4 is 20.9 Å². The Morgan fingerprint density at radius 1 is 0.853 bits per heavy atom. The first-order valence-corrected chi connectivity index (χ1v) is 10.4. The molecule has 1 amide bonds. The van der Waals surface area contributed by atoms with Crippen LogP contribution in [-0.4, -0.2) is 30.0 Å². The predicted octanol–water partition coefficient (Wildman–Crippen LogP) is 5.56. The van der Waals surface area contributed by atoms with Crippen LogP contribution in [0.5, 0.6) is 0 Å². The number of nitrogens with zero attached hydrogens (tertiary/aromatic N) is 3. The second-order valence-electron chi connectivity index (χ2n) is 7.62. The van der Waals surface area contributed by atoms with Crippen LogP contribution in [0.15, 0.2) is 79.0 Å². The van der Waals surface area contributed by atoms with Crippen molar-refractivity contribution in [3.05, 3.63) is 96.2 Å². The molecule has 4 rings (SSSR count). The van der Waals surface area contributed by atoms with Crippen molar-refractivity contribution in [2.45, 2.75) is 0 Å². The molecule has 3 aromatic carbocycles. The topological polar surface area (TPSA) is 82.2 Å². The molecule has 0 unspecified atom stereocenters. The predicted molar refractivity (Wildman–Crippen MR) is 130 cm³/mol. The van der Waals surface area contributed by atoms with Crippen LogP contribution in [0.25, 0.3) is 0 Å². The van der Waals surface area contributed by atoms with E-state index < -0.39 is 11.6 Å². The number of carbonyl (C=O) groups is 1. The van der Waals surface area contributed by atoms with E-state index in [9.17, 15) is 13.6 Å². The van der Waals surface area contributed by atoms with Gasteiger partial charge in [0.15, 0.2) is 11.6 Å². The van der Waals surface area contributed by atoms with Crippen molar-refractivity contribution in [2.24, 2.45) is 0 Å². The number of rotatable bonds is 7. The second-order valence-corrected chi connectivity index (χ2v) is 7.62. The van der Waals surface area contributed by atoms with Crippen molar-refractivity contribution in [1.82, 2.24) is 9.97 Å². The molecule has 0 atom stereocenters. The van der Waals surface area contributed by atoms with Gasteiger partial charge in [0.05, 0.1) is 6.20 Å². The van der Waals surface area contributed by atoms with Crippen LogP contribution in [0, 0.1) is 11.6 Å². The van der Waals surface area contributed by atoms with Gasteiger partial charge in [-0.1, -0.05) is 6.07 Å². The molecule has 3 N–H and O–H groups in total. The standard InChI is InChI=1S/C25H22F2N6O/c1-33(2)21-12-6-16(7-13-21)24(34)30-19-4-3-5-20(14-19)31-25-28-15-22(27)23(32-25)29-18-10-8-17(26)9-11-18/h3-15H,1-2H3,(H,30,34)(H2,28,29,31,32). The van der Waals surface area contributed by atoms with Gasteiger partial charge in [0.2, 0.25) is 5.95 Å². The molecule has 0 aliphatic rings. The van der Waals surface area contributed by atoms with Crippen LogP contribution >= 0.6 is 0 Å². The van der Waals surface area contributed by atoms with Crippen LogP contribution in [-0.2, 0) is 0 Å². The summed E-state index contributed by atoms with van der Waals surface area (Å²) in [6, 6.07) is 19.7. The maximum Gasteiger partial charge on any atom is 0.255 e. The molecular weight excluding hydrogens is 438 g/mol. The zero-order valence-electron chi connectivity index (χ0n) is 18.5. The first-order chi connectivity index (χ1) is 16.4. The Morgan fingerprint density at radius 3 is 2.26 bits per heavy atom. The van der Waals surface area contributed by atoms with Gasteiger partial charge in [-0.25, -0.2) is 13.8 Å². The van der Waals surface area contributed by atoms with E-state index >= 15 is 0 Å². The Kier molecular flexibility index (Phi) is 6.63. The summed E-state index contributed by atoms with van der Waals surface area (Å²) < 4.78 is 27.3. The van der Waals surface area contributed by atoms with Crippen molar-refractivity contribution < 1.29 is 13.6 Å². The van der Waals surface area contributed by atoms with Gasteiger partial charge in [-0.2, -0.15) is 4.98 Å². The molecular formula is C25H22F2N6O. The number of anilines is 6. The quantitative estimate of drug-likeness (QED) is 0.335. The van der Waals surface area contributed by atoms with Gasteiger partial charge in [0.1, 0.15) is 5.82 Å². The van der Waals surface area contributed by atoms with E-state index in [2.05, 4.69) is 25.9 Å². The fourth-order valence-electron chi connectivity index (χ4n) is 3.10. The highest BCUT2D eigenvalue weighted by molar-refractivity contribution is 6.04. The number of amides is 1. The summed E-state index contributed by atoms with van der Waals surface area (Å²) in [5.41, 5.74) is 3.17. The molecule has 34 heavy (non-hydrogen) atoms. The van der Waals surface area contributed by atoms with Crippen LogP contribution in [0.3, 0.4) is 0 Å². The number of hydrogen-bond acceptors (Lipinski definition) is 6. The van der Waals surface area contributed by atoms with Gasteiger partial charge in [-0.15, -0.1) is 0 Å². The molecule has 172 valence electrons. The van der Waals surface area contributed by atoms with Crippen molar-refractivity contribution in [2.75, 3.05) is 34.9 Å². The molecule has 0 fully saturated rings. The van der Waals surface area contributed by atoms with E-state index in [0.29, 0.717) is 22.6 Å². The molecule has 0 saturated heterocycles. The van der Waals surface area contributed by atoms with E-state index in [1.54, 1.807) is 36.4 Å². The minimum absolute atomic E-state index is 0.0604. The lowest BCUT2D eigenvalue weighted by atomic mass is 10.2. The SMILES string of the molecule is CN(C)c1ccc(C(=O)Nc2cccc(Nc3ncc(F)c(Nc4ccc(F)cc4)n3)c2)cc1. The zero-order valence-corrected chi connectivity index (χ0v) is 18.5. The fourth-order valence-corrected chi connectivity index (χ4v) is 3.10. The summed E-state index contributed by atoms with van der Waals surface area (Å²) in [6.07, 6.45) is 1.03. The van der Waals surface area contributed by atoms with E-state index in [0.717, 1.165) is 11.9 Å². The monoisotopic (exact) mass is 460 g/mol. The minimum atomic E-state index is -0.656. The molecule has 1 aromatic heterocycles.